The number of hydrogen-bond donors (Lipinski definition) is 2. The number of aryl methyl sites for hydroxylation is 8. The third-order valence-electron chi connectivity index (χ3n) is 7.52. The maximum Gasteiger partial charge on any atom is 0.0681 e. The minimum absolute atomic E-state index is 0.125. The van der Waals surface area contributed by atoms with E-state index in [2.05, 4.69) is 76.2 Å². The van der Waals surface area contributed by atoms with Crippen molar-refractivity contribution in [2.75, 3.05) is 0 Å². The summed E-state index contributed by atoms with van der Waals surface area (Å²) in [6.07, 6.45) is 11.5. The number of aliphatic hydroxyl groups is 2. The van der Waals surface area contributed by atoms with Gasteiger partial charge in [0, 0.05) is 1.37 Å². The van der Waals surface area contributed by atoms with Gasteiger partial charge in [0.15, 0.2) is 0 Å². The Balaban J connectivity index is 0.000000261. The average Bonchev–Trinajstić information content (AvgIpc) is 3.05. The highest BCUT2D eigenvalue weighted by atomic mass is 16.3. The molecule has 0 spiro atoms. The van der Waals surface area contributed by atoms with E-state index in [9.17, 15) is 5.11 Å². The highest BCUT2D eigenvalue weighted by Crippen LogP contribution is 2.17. The first-order chi connectivity index (χ1) is 21.9. The number of rotatable bonds is 13. The number of aliphatic hydroxyl groups excluding tert-OH is 2. The van der Waals surface area contributed by atoms with Crippen molar-refractivity contribution >= 4 is 0 Å². The third kappa shape index (κ3) is 14.5. The molecule has 0 saturated heterocycles. The SMILES string of the molecule is CCCc1cc(CCC)cc(CCc2cccc(CO)c2)c1.Cc1cccc(CO)c1.[2H]Cc1cc(CCC)cc(CCC)c1. The summed E-state index contributed by atoms with van der Waals surface area (Å²) in [5, 5.41) is 17.9. The summed E-state index contributed by atoms with van der Waals surface area (Å²) in [6, 6.07) is 29.9. The molecular weight excluding hydrogens is 536 g/mol. The van der Waals surface area contributed by atoms with Crippen LogP contribution in [0.5, 0.6) is 0 Å². The van der Waals surface area contributed by atoms with E-state index in [0.29, 0.717) is 6.90 Å². The molecule has 0 aromatic heterocycles. The van der Waals surface area contributed by atoms with E-state index in [-0.39, 0.29) is 13.2 Å². The van der Waals surface area contributed by atoms with Gasteiger partial charge in [-0.2, -0.15) is 0 Å². The summed E-state index contributed by atoms with van der Waals surface area (Å²) < 4.78 is 7.40. The van der Waals surface area contributed by atoms with Crippen molar-refractivity contribution in [1.29, 1.82) is 0 Å². The van der Waals surface area contributed by atoms with Crippen LogP contribution >= 0.6 is 0 Å². The minimum atomic E-state index is 0.125. The molecule has 0 aliphatic carbocycles. The molecule has 0 saturated carbocycles. The normalized spacial score (nSPS) is 10.8. The third-order valence-corrected chi connectivity index (χ3v) is 7.52. The topological polar surface area (TPSA) is 40.5 Å². The molecule has 0 unspecified atom stereocenters. The van der Waals surface area contributed by atoms with Crippen molar-refractivity contribution in [3.8, 4) is 0 Å². The smallest absolute Gasteiger partial charge is 0.0681 e. The lowest BCUT2D eigenvalue weighted by molar-refractivity contribution is 0.281. The zero-order valence-electron chi connectivity index (χ0n) is 29.2. The lowest BCUT2D eigenvalue weighted by Gasteiger charge is -2.10. The zero-order valence-corrected chi connectivity index (χ0v) is 28.2. The first-order valence-electron chi connectivity index (χ1n) is 17.5. The van der Waals surface area contributed by atoms with Gasteiger partial charge in [-0.15, -0.1) is 0 Å². The van der Waals surface area contributed by atoms with Gasteiger partial charge in [0.05, 0.1) is 13.2 Å². The van der Waals surface area contributed by atoms with Crippen LogP contribution in [-0.4, -0.2) is 10.2 Å². The molecule has 0 fully saturated rings. The van der Waals surface area contributed by atoms with Gasteiger partial charge in [-0.05, 0) is 96.9 Å². The first-order valence-corrected chi connectivity index (χ1v) is 16.7. The maximum absolute atomic E-state index is 9.24. The van der Waals surface area contributed by atoms with Crippen LogP contribution in [-0.2, 0) is 51.7 Å². The molecule has 2 nitrogen and oxygen atoms in total. The zero-order chi connectivity index (χ0) is 32.9. The molecule has 4 aromatic rings. The van der Waals surface area contributed by atoms with E-state index < -0.39 is 0 Å². The van der Waals surface area contributed by atoms with Crippen LogP contribution in [0.4, 0.5) is 0 Å². The fourth-order valence-electron chi connectivity index (χ4n) is 5.54. The van der Waals surface area contributed by atoms with Crippen LogP contribution in [0.15, 0.2) is 84.9 Å². The first kappa shape index (κ1) is 35.3. The molecule has 0 heterocycles. The van der Waals surface area contributed by atoms with Gasteiger partial charge < -0.3 is 10.2 Å². The predicted molar refractivity (Wildman–Crippen MR) is 190 cm³/mol. The van der Waals surface area contributed by atoms with Crippen LogP contribution in [0.2, 0.25) is 0 Å². The van der Waals surface area contributed by atoms with E-state index in [1.807, 2.05) is 43.3 Å². The second kappa shape index (κ2) is 21.5. The Kier molecular flexibility index (Phi) is 17.2. The van der Waals surface area contributed by atoms with Gasteiger partial charge in [-0.3, -0.25) is 0 Å². The molecule has 0 aliphatic rings. The molecule has 0 atom stereocenters. The predicted octanol–water partition coefficient (Wildman–Crippen LogP) is 10.3. The monoisotopic (exact) mass is 595 g/mol. The minimum Gasteiger partial charge on any atom is -0.392 e. The summed E-state index contributed by atoms with van der Waals surface area (Å²) in [6.45, 7) is 11.6. The highest BCUT2D eigenvalue weighted by Gasteiger charge is 2.03. The van der Waals surface area contributed by atoms with Crippen LogP contribution in [0.3, 0.4) is 0 Å². The van der Waals surface area contributed by atoms with Gasteiger partial charge in [-0.25, -0.2) is 0 Å². The summed E-state index contributed by atoms with van der Waals surface area (Å²) in [4.78, 5) is 0. The molecule has 4 aromatic carbocycles. The largest absolute Gasteiger partial charge is 0.392 e. The Hall–Kier alpha value is -3.20. The standard InChI is InChI=1S/C21H28O.C13H20.C8H10O/c1-3-6-18-13-19(7-4-2)15-20(14-18)11-10-17-8-5-9-21(12-17)16-22;1-4-6-12-8-11(3)9-13(10-12)7-5-2;1-7-3-2-4-8(5-7)6-9/h5,8-9,12-15,22H,3-4,6-7,10-11,16H2,1-2H3;8-10H,4-7H2,1-3H3;2-5,9H,6H2,1H3/i;3D;. The Morgan fingerprint density at radius 1 is 0.432 bits per heavy atom. The van der Waals surface area contributed by atoms with Gasteiger partial charge in [-0.1, -0.05) is 149 Å². The fraction of sp³-hybridized carbons (Fsp3) is 0.429. The number of benzene rings is 4. The summed E-state index contributed by atoms with van der Waals surface area (Å²) in [5.41, 5.74) is 12.9. The molecule has 44 heavy (non-hydrogen) atoms. The van der Waals surface area contributed by atoms with Gasteiger partial charge in [0.2, 0.25) is 0 Å². The molecule has 0 aliphatic heterocycles. The molecule has 0 amide bonds. The van der Waals surface area contributed by atoms with Crippen molar-refractivity contribution in [3.63, 3.8) is 0 Å². The van der Waals surface area contributed by atoms with Crippen molar-refractivity contribution in [1.82, 2.24) is 0 Å². The van der Waals surface area contributed by atoms with Gasteiger partial charge in [0.25, 0.3) is 0 Å². The quantitative estimate of drug-likeness (QED) is 0.161. The fourth-order valence-corrected chi connectivity index (χ4v) is 5.54. The molecular formula is C42H58O2. The average molecular weight is 596 g/mol. The van der Waals surface area contributed by atoms with E-state index in [4.69, 9.17) is 6.48 Å². The van der Waals surface area contributed by atoms with Crippen LogP contribution in [0, 0.1) is 13.8 Å². The molecule has 2 heteroatoms. The summed E-state index contributed by atoms with van der Waals surface area (Å²) >= 11 is 0. The Bertz CT molecular complexity index is 1330. The van der Waals surface area contributed by atoms with Crippen LogP contribution in [0.25, 0.3) is 0 Å². The second-order valence-electron chi connectivity index (χ2n) is 11.9. The molecule has 0 radical (unpaired) electrons. The second-order valence-corrected chi connectivity index (χ2v) is 11.9. The van der Waals surface area contributed by atoms with Gasteiger partial charge >= 0.3 is 0 Å². The Morgan fingerprint density at radius 3 is 1.18 bits per heavy atom. The van der Waals surface area contributed by atoms with E-state index in [0.717, 1.165) is 36.8 Å². The molecule has 2 N–H and O–H groups in total. The summed E-state index contributed by atoms with van der Waals surface area (Å²) in [7, 11) is 0. The Morgan fingerprint density at radius 2 is 0.773 bits per heavy atom. The molecule has 4 rings (SSSR count). The van der Waals surface area contributed by atoms with E-state index in [1.165, 1.54) is 83.0 Å². The van der Waals surface area contributed by atoms with Crippen LogP contribution < -0.4 is 0 Å². The van der Waals surface area contributed by atoms with Crippen molar-refractivity contribution in [3.05, 3.63) is 141 Å². The van der Waals surface area contributed by atoms with E-state index in [1.54, 1.807) is 0 Å². The lowest BCUT2D eigenvalue weighted by Crippen LogP contribution is -1.97. The highest BCUT2D eigenvalue weighted by molar-refractivity contribution is 5.32. The van der Waals surface area contributed by atoms with Gasteiger partial charge in [0.1, 0.15) is 0 Å². The number of hydrogen-bond acceptors (Lipinski definition) is 2. The van der Waals surface area contributed by atoms with Crippen molar-refractivity contribution in [2.45, 2.75) is 119 Å². The lowest BCUT2D eigenvalue weighted by atomic mass is 9.96. The van der Waals surface area contributed by atoms with Crippen molar-refractivity contribution in [2.24, 2.45) is 0 Å². The van der Waals surface area contributed by atoms with Crippen LogP contribution in [0.1, 0.15) is 110 Å². The van der Waals surface area contributed by atoms with E-state index >= 15 is 0 Å². The van der Waals surface area contributed by atoms with Crippen molar-refractivity contribution < 1.29 is 11.6 Å². The maximum atomic E-state index is 9.24. The Labute approximate surface area is 270 Å². The molecule has 238 valence electrons. The summed E-state index contributed by atoms with van der Waals surface area (Å²) in [5.74, 6) is 0. The molecule has 0 bridgehead atoms.